The van der Waals surface area contributed by atoms with E-state index in [1.165, 1.54) is 6.42 Å². The number of aliphatic hydroxyl groups excluding tert-OH is 1. The third kappa shape index (κ3) is 3.53. The molecule has 0 unspecified atom stereocenters. The Morgan fingerprint density at radius 3 is 2.91 bits per heavy atom. The number of aromatic nitrogens is 5. The van der Waals surface area contributed by atoms with Gasteiger partial charge < -0.3 is 5.11 Å². The molecule has 2 aromatic rings. The molecule has 0 amide bonds. The van der Waals surface area contributed by atoms with Crippen molar-refractivity contribution in [3.05, 3.63) is 30.1 Å². The predicted octanol–water partition coefficient (Wildman–Crippen LogP) is 0.617. The lowest BCUT2D eigenvalue weighted by molar-refractivity contribution is 0.0845. The van der Waals surface area contributed by atoms with Crippen molar-refractivity contribution in [2.75, 3.05) is 13.1 Å². The highest BCUT2D eigenvalue weighted by Gasteiger charge is 2.27. The van der Waals surface area contributed by atoms with Crippen LogP contribution in [0.1, 0.15) is 24.5 Å². The number of hydrogen-bond donors (Lipinski definition) is 1. The molecule has 0 spiro atoms. The summed E-state index contributed by atoms with van der Waals surface area (Å²) in [5.41, 5.74) is 0. The first-order chi connectivity index (χ1) is 10.6. The number of hydrogen-bond acceptors (Lipinski definition) is 5. The quantitative estimate of drug-likeness (QED) is 0.847. The summed E-state index contributed by atoms with van der Waals surface area (Å²) in [5, 5.41) is 18.9. The molecule has 1 aliphatic heterocycles. The van der Waals surface area contributed by atoms with E-state index in [0.717, 1.165) is 31.2 Å². The summed E-state index contributed by atoms with van der Waals surface area (Å²) >= 11 is 0. The summed E-state index contributed by atoms with van der Waals surface area (Å²) in [5.74, 6) is 1.78. The van der Waals surface area contributed by atoms with E-state index in [-0.39, 0.29) is 0 Å². The average molecular weight is 304 g/mol. The van der Waals surface area contributed by atoms with Crippen LogP contribution in [0.5, 0.6) is 0 Å². The highest BCUT2D eigenvalue weighted by Crippen LogP contribution is 2.19. The molecule has 2 atom stereocenters. The zero-order valence-electron chi connectivity index (χ0n) is 13.3. The van der Waals surface area contributed by atoms with Gasteiger partial charge in [0.1, 0.15) is 11.6 Å². The lowest BCUT2D eigenvalue weighted by Gasteiger charge is -2.27. The molecule has 3 rings (SSSR count). The van der Waals surface area contributed by atoms with E-state index in [2.05, 4.69) is 20.1 Å². The van der Waals surface area contributed by atoms with E-state index in [1.807, 2.05) is 30.8 Å². The molecule has 0 aromatic carbocycles. The minimum absolute atomic E-state index is 0.404. The lowest BCUT2D eigenvalue weighted by Crippen LogP contribution is -2.40. The molecule has 0 bridgehead atoms. The van der Waals surface area contributed by atoms with Crippen LogP contribution in [0.15, 0.2) is 18.5 Å². The van der Waals surface area contributed by atoms with Gasteiger partial charge >= 0.3 is 0 Å². The standard InChI is InChI=1S/C15H24N6O/c1-12-17-13(2)21(18-12)9-14-5-3-7-19(14)10-15(22)11-20-8-4-6-16-20/h4,6,8,14-15,22H,3,5,7,9-11H2,1-2H3/t14-,15+/m0/s1. The Labute approximate surface area is 130 Å². The largest absolute Gasteiger partial charge is 0.390 e. The van der Waals surface area contributed by atoms with E-state index in [9.17, 15) is 5.11 Å². The summed E-state index contributed by atoms with van der Waals surface area (Å²) in [4.78, 5) is 6.73. The molecule has 3 heterocycles. The second-order valence-electron chi connectivity index (χ2n) is 6.06. The van der Waals surface area contributed by atoms with Gasteiger partial charge in [-0.05, 0) is 39.3 Å². The first-order valence-electron chi connectivity index (χ1n) is 7.89. The maximum atomic E-state index is 10.3. The normalized spacial score (nSPS) is 20.6. The van der Waals surface area contributed by atoms with Gasteiger partial charge in [-0.15, -0.1) is 0 Å². The third-order valence-corrected chi connectivity index (χ3v) is 4.25. The van der Waals surface area contributed by atoms with Crippen LogP contribution in [-0.2, 0) is 13.1 Å². The molecule has 1 saturated heterocycles. The molecule has 7 nitrogen and oxygen atoms in total. The van der Waals surface area contributed by atoms with Crippen molar-refractivity contribution in [1.82, 2.24) is 29.4 Å². The maximum absolute atomic E-state index is 10.3. The summed E-state index contributed by atoms with van der Waals surface area (Å²) < 4.78 is 3.76. The van der Waals surface area contributed by atoms with E-state index >= 15 is 0 Å². The fraction of sp³-hybridized carbons (Fsp3) is 0.667. The first kappa shape index (κ1) is 15.2. The molecule has 1 fully saturated rings. The summed E-state index contributed by atoms with van der Waals surface area (Å²) in [6, 6.07) is 2.30. The number of nitrogens with zero attached hydrogens (tertiary/aromatic N) is 6. The molecule has 120 valence electrons. The number of β-amino-alcohol motifs (C(OH)–C–C–N with tert-alkyl or cyclic N) is 1. The topological polar surface area (TPSA) is 72.0 Å². The molecule has 7 heteroatoms. The van der Waals surface area contributed by atoms with Gasteiger partial charge in [-0.25, -0.2) is 9.67 Å². The monoisotopic (exact) mass is 304 g/mol. The van der Waals surface area contributed by atoms with Gasteiger partial charge in [0.05, 0.1) is 19.2 Å². The second kappa shape index (κ2) is 6.58. The summed E-state index contributed by atoms with van der Waals surface area (Å²) in [7, 11) is 0. The van der Waals surface area contributed by atoms with Gasteiger partial charge in [0.2, 0.25) is 0 Å². The van der Waals surface area contributed by atoms with Gasteiger partial charge in [-0.1, -0.05) is 0 Å². The average Bonchev–Trinajstić information content (AvgIpc) is 3.16. The Bertz CT molecular complexity index is 593. The molecule has 0 saturated carbocycles. The molecule has 1 N–H and O–H groups in total. The predicted molar refractivity (Wildman–Crippen MR) is 82.3 cm³/mol. The Morgan fingerprint density at radius 2 is 2.23 bits per heavy atom. The van der Waals surface area contributed by atoms with Crippen LogP contribution in [0.4, 0.5) is 0 Å². The molecule has 22 heavy (non-hydrogen) atoms. The molecule has 0 aliphatic carbocycles. The van der Waals surface area contributed by atoms with Gasteiger partial charge in [0, 0.05) is 25.0 Å². The smallest absolute Gasteiger partial charge is 0.147 e. The van der Waals surface area contributed by atoms with Crippen molar-refractivity contribution in [1.29, 1.82) is 0 Å². The van der Waals surface area contributed by atoms with Gasteiger partial charge in [0.25, 0.3) is 0 Å². The summed E-state index contributed by atoms with van der Waals surface area (Å²) in [6.07, 6.45) is 5.53. The van der Waals surface area contributed by atoms with Crippen molar-refractivity contribution in [3.63, 3.8) is 0 Å². The Kier molecular flexibility index (Phi) is 4.54. The lowest BCUT2D eigenvalue weighted by atomic mass is 10.2. The molecular weight excluding hydrogens is 280 g/mol. The summed E-state index contributed by atoms with van der Waals surface area (Å²) in [6.45, 7) is 7.01. The SMILES string of the molecule is Cc1nc(C)n(C[C@@H]2CCCN2C[C@@H](O)Cn2cccn2)n1. The van der Waals surface area contributed by atoms with E-state index in [0.29, 0.717) is 19.1 Å². The van der Waals surface area contributed by atoms with Gasteiger partial charge in [-0.2, -0.15) is 10.2 Å². The number of likely N-dealkylation sites (tertiary alicyclic amines) is 1. The number of aliphatic hydroxyl groups is 1. The molecule has 0 radical (unpaired) electrons. The molecular formula is C15H24N6O. The van der Waals surface area contributed by atoms with Crippen molar-refractivity contribution in [3.8, 4) is 0 Å². The van der Waals surface area contributed by atoms with Crippen LogP contribution >= 0.6 is 0 Å². The minimum atomic E-state index is -0.404. The Morgan fingerprint density at radius 1 is 1.36 bits per heavy atom. The fourth-order valence-electron chi connectivity index (χ4n) is 3.23. The van der Waals surface area contributed by atoms with E-state index in [4.69, 9.17) is 0 Å². The third-order valence-electron chi connectivity index (χ3n) is 4.25. The van der Waals surface area contributed by atoms with Crippen LogP contribution in [0.2, 0.25) is 0 Å². The number of aryl methyl sites for hydroxylation is 2. The van der Waals surface area contributed by atoms with Crippen LogP contribution in [-0.4, -0.2) is 59.8 Å². The minimum Gasteiger partial charge on any atom is -0.390 e. The Balaban J connectivity index is 1.57. The van der Waals surface area contributed by atoms with Gasteiger partial charge in [0.15, 0.2) is 0 Å². The van der Waals surface area contributed by atoms with Crippen LogP contribution in [0.25, 0.3) is 0 Å². The highest BCUT2D eigenvalue weighted by molar-refractivity contribution is 4.90. The van der Waals surface area contributed by atoms with Crippen molar-refractivity contribution in [2.45, 2.75) is 51.9 Å². The second-order valence-corrected chi connectivity index (χ2v) is 6.06. The maximum Gasteiger partial charge on any atom is 0.147 e. The fourth-order valence-corrected chi connectivity index (χ4v) is 3.23. The van der Waals surface area contributed by atoms with Crippen molar-refractivity contribution >= 4 is 0 Å². The van der Waals surface area contributed by atoms with E-state index in [1.54, 1.807) is 10.9 Å². The Hall–Kier alpha value is -1.73. The van der Waals surface area contributed by atoms with Crippen molar-refractivity contribution in [2.24, 2.45) is 0 Å². The van der Waals surface area contributed by atoms with Gasteiger partial charge in [-0.3, -0.25) is 9.58 Å². The van der Waals surface area contributed by atoms with Crippen molar-refractivity contribution < 1.29 is 5.11 Å². The zero-order valence-corrected chi connectivity index (χ0v) is 13.3. The number of rotatable bonds is 6. The van der Waals surface area contributed by atoms with Crippen LogP contribution in [0, 0.1) is 13.8 Å². The zero-order chi connectivity index (χ0) is 15.5. The first-order valence-corrected chi connectivity index (χ1v) is 7.89. The molecule has 2 aromatic heterocycles. The van der Waals surface area contributed by atoms with Crippen LogP contribution in [0.3, 0.4) is 0 Å². The highest BCUT2D eigenvalue weighted by atomic mass is 16.3. The van der Waals surface area contributed by atoms with E-state index < -0.39 is 6.10 Å². The van der Waals surface area contributed by atoms with Crippen LogP contribution < -0.4 is 0 Å². The molecule has 1 aliphatic rings.